The predicted octanol–water partition coefficient (Wildman–Crippen LogP) is 2.00. The number of hydrogen-bond donors (Lipinski definition) is 3. The minimum absolute atomic E-state index is 0.230. The van der Waals surface area contributed by atoms with Gasteiger partial charge in [0, 0.05) is 17.3 Å². The van der Waals surface area contributed by atoms with Gasteiger partial charge in [0.25, 0.3) is 0 Å². The molecule has 1 unspecified atom stereocenters. The van der Waals surface area contributed by atoms with E-state index in [9.17, 15) is 42.3 Å². The third kappa shape index (κ3) is 9.85. The Bertz CT molecular complexity index is 1300. The molecule has 0 spiro atoms. The first-order chi connectivity index (χ1) is 19.1. The molecular formula is C26H29F3N4O8. The molecule has 41 heavy (non-hydrogen) atoms. The first-order valence-electron chi connectivity index (χ1n) is 12.2. The lowest BCUT2D eigenvalue weighted by Crippen LogP contribution is -2.54. The van der Waals surface area contributed by atoms with Gasteiger partial charge in [-0.2, -0.15) is 18.2 Å². The van der Waals surface area contributed by atoms with Crippen molar-refractivity contribution in [3.63, 3.8) is 0 Å². The number of benzene rings is 1. The summed E-state index contributed by atoms with van der Waals surface area (Å²) >= 11 is 0. The number of rotatable bonds is 14. The molecule has 2 aromatic rings. The van der Waals surface area contributed by atoms with Crippen molar-refractivity contribution < 1.29 is 51.7 Å². The summed E-state index contributed by atoms with van der Waals surface area (Å²) in [5, 5.41) is 14.0. The first kappa shape index (κ1) is 32.7. The number of aromatic nitrogens is 2. The molecule has 2 rings (SSSR count). The number of Topliss-reactive ketones (excluding diaryl/α,β-unsaturated/α-hetero) is 2. The molecule has 0 saturated heterocycles. The Morgan fingerprint density at radius 3 is 2.32 bits per heavy atom. The van der Waals surface area contributed by atoms with Gasteiger partial charge in [-0.1, -0.05) is 13.8 Å². The highest BCUT2D eigenvalue weighted by Gasteiger charge is 2.34. The van der Waals surface area contributed by atoms with Gasteiger partial charge in [-0.25, -0.2) is 4.98 Å². The molecule has 3 N–H and O–H groups in total. The van der Waals surface area contributed by atoms with Gasteiger partial charge >= 0.3 is 18.2 Å². The third-order valence-corrected chi connectivity index (χ3v) is 5.65. The summed E-state index contributed by atoms with van der Waals surface area (Å²) in [6, 6.07) is 1.53. The van der Waals surface area contributed by atoms with Crippen molar-refractivity contribution in [2.75, 3.05) is 13.7 Å². The number of carboxylic acid groups (broad SMARTS) is 1. The van der Waals surface area contributed by atoms with Crippen LogP contribution in [0.25, 0.3) is 0 Å². The number of ether oxygens (including phenoxy) is 2. The molecule has 0 fully saturated rings. The molecule has 0 aliphatic carbocycles. The summed E-state index contributed by atoms with van der Waals surface area (Å²) in [4.78, 5) is 68.3. The van der Waals surface area contributed by atoms with Crippen LogP contribution in [0, 0.1) is 5.92 Å². The SMILES string of the molecule is COc1ccc(C(C)=O)cc1CC(=O)N[C@H](C(=O)NC(CC(=O)O)C(=O)COc1nccc(C(F)(F)F)n1)C(C)C. The zero-order valence-electron chi connectivity index (χ0n) is 22.6. The molecule has 0 aliphatic rings. The van der Waals surface area contributed by atoms with Crippen molar-refractivity contribution in [1.82, 2.24) is 20.6 Å². The molecule has 0 saturated carbocycles. The Kier molecular flexibility index (Phi) is 11.3. The maximum absolute atomic E-state index is 13.0. The Hall–Kier alpha value is -4.56. The molecular weight excluding hydrogens is 553 g/mol. The van der Waals surface area contributed by atoms with Crippen LogP contribution in [0.5, 0.6) is 11.8 Å². The zero-order valence-corrected chi connectivity index (χ0v) is 22.6. The van der Waals surface area contributed by atoms with Crippen LogP contribution in [0.15, 0.2) is 30.5 Å². The number of methoxy groups -OCH3 is 1. The molecule has 1 aromatic carbocycles. The zero-order chi connectivity index (χ0) is 30.9. The second-order valence-corrected chi connectivity index (χ2v) is 9.19. The normalized spacial score (nSPS) is 12.7. The van der Waals surface area contributed by atoms with Gasteiger partial charge in [0.1, 0.15) is 17.8 Å². The number of carbonyl (C=O) groups is 5. The first-order valence-corrected chi connectivity index (χ1v) is 12.2. The molecule has 1 aromatic heterocycles. The molecule has 2 atom stereocenters. The van der Waals surface area contributed by atoms with Crippen LogP contribution in [-0.2, 0) is 31.8 Å². The van der Waals surface area contributed by atoms with E-state index in [1.807, 2.05) is 0 Å². The smallest absolute Gasteiger partial charge is 0.433 e. The fourth-order valence-corrected chi connectivity index (χ4v) is 3.55. The van der Waals surface area contributed by atoms with Gasteiger partial charge in [-0.3, -0.25) is 24.0 Å². The molecule has 1 heterocycles. The highest BCUT2D eigenvalue weighted by Crippen LogP contribution is 2.28. The van der Waals surface area contributed by atoms with Crippen molar-refractivity contribution >= 4 is 29.4 Å². The van der Waals surface area contributed by atoms with E-state index in [1.165, 1.54) is 32.2 Å². The Morgan fingerprint density at radius 1 is 1.07 bits per heavy atom. The number of nitrogens with zero attached hydrogens (tertiary/aromatic N) is 2. The maximum atomic E-state index is 13.0. The molecule has 15 heteroatoms. The molecule has 12 nitrogen and oxygen atoms in total. The summed E-state index contributed by atoms with van der Waals surface area (Å²) in [6.07, 6.45) is -5.15. The quantitative estimate of drug-likeness (QED) is 0.280. The number of hydrogen-bond acceptors (Lipinski definition) is 9. The molecule has 222 valence electrons. The van der Waals surface area contributed by atoms with E-state index in [0.717, 1.165) is 6.20 Å². The van der Waals surface area contributed by atoms with Crippen molar-refractivity contribution in [2.24, 2.45) is 5.92 Å². The van der Waals surface area contributed by atoms with Crippen LogP contribution in [0.4, 0.5) is 13.2 Å². The Labute approximate surface area is 232 Å². The number of carboxylic acids is 1. The van der Waals surface area contributed by atoms with Crippen molar-refractivity contribution in [1.29, 1.82) is 0 Å². The van der Waals surface area contributed by atoms with Crippen LogP contribution in [-0.4, -0.2) is 70.2 Å². The van der Waals surface area contributed by atoms with E-state index in [-0.39, 0.29) is 12.2 Å². The van der Waals surface area contributed by atoms with Crippen molar-refractivity contribution in [3.05, 3.63) is 47.3 Å². The summed E-state index contributed by atoms with van der Waals surface area (Å²) < 4.78 is 48.7. The van der Waals surface area contributed by atoms with Gasteiger partial charge in [-0.05, 0) is 37.1 Å². The van der Waals surface area contributed by atoms with Crippen LogP contribution in [0.2, 0.25) is 0 Å². The minimum Gasteiger partial charge on any atom is -0.496 e. The Balaban J connectivity index is 2.13. The van der Waals surface area contributed by atoms with Gasteiger partial charge < -0.3 is 25.2 Å². The molecule has 0 aliphatic heterocycles. The summed E-state index contributed by atoms with van der Waals surface area (Å²) in [5.41, 5.74) is -0.584. The standard InChI is InChI=1S/C26H29F3N4O8/c1-13(2)23(33-21(36)10-16-9-15(14(3)34)5-6-19(16)40-4)24(39)31-17(11-22(37)38)18(35)12-41-25-30-8-7-20(32-25)26(27,28)29/h5-9,13,17,23H,10-12H2,1-4H3,(H,31,39)(H,33,36)(H,37,38)/t17?,23-/m0/s1. The second-order valence-electron chi connectivity index (χ2n) is 9.19. The van der Waals surface area contributed by atoms with E-state index in [0.29, 0.717) is 22.9 Å². The van der Waals surface area contributed by atoms with Crippen molar-refractivity contribution in [2.45, 2.75) is 51.9 Å². The highest BCUT2D eigenvalue weighted by molar-refractivity contribution is 5.96. The second kappa shape index (κ2) is 14.2. The van der Waals surface area contributed by atoms with Crippen LogP contribution in [0.3, 0.4) is 0 Å². The summed E-state index contributed by atoms with van der Waals surface area (Å²) in [7, 11) is 1.39. The maximum Gasteiger partial charge on any atom is 0.433 e. The van der Waals surface area contributed by atoms with Crippen LogP contribution < -0.4 is 20.1 Å². The lowest BCUT2D eigenvalue weighted by atomic mass is 10.0. The number of halogens is 3. The number of aliphatic carboxylic acids is 1. The average Bonchev–Trinajstić information content (AvgIpc) is 2.89. The minimum atomic E-state index is -4.79. The number of carbonyl (C=O) groups excluding carboxylic acids is 4. The van der Waals surface area contributed by atoms with Crippen LogP contribution >= 0.6 is 0 Å². The largest absolute Gasteiger partial charge is 0.496 e. The third-order valence-electron chi connectivity index (χ3n) is 5.65. The highest BCUT2D eigenvalue weighted by atomic mass is 19.4. The van der Waals surface area contributed by atoms with Gasteiger partial charge in [0.2, 0.25) is 11.8 Å². The van der Waals surface area contributed by atoms with E-state index in [4.69, 9.17) is 9.47 Å². The summed E-state index contributed by atoms with van der Waals surface area (Å²) in [6.45, 7) is 3.62. The fourth-order valence-electron chi connectivity index (χ4n) is 3.55. The lowest BCUT2D eigenvalue weighted by molar-refractivity contribution is -0.142. The van der Waals surface area contributed by atoms with Crippen LogP contribution in [0.1, 0.15) is 48.8 Å². The van der Waals surface area contributed by atoms with E-state index in [2.05, 4.69) is 20.6 Å². The monoisotopic (exact) mass is 582 g/mol. The van der Waals surface area contributed by atoms with Gasteiger partial charge in [0.05, 0.1) is 20.0 Å². The van der Waals surface area contributed by atoms with E-state index in [1.54, 1.807) is 13.8 Å². The summed E-state index contributed by atoms with van der Waals surface area (Å²) in [5.74, 6) is -4.35. The predicted molar refractivity (Wildman–Crippen MR) is 135 cm³/mol. The molecule has 0 bridgehead atoms. The van der Waals surface area contributed by atoms with E-state index < -0.39 is 72.5 Å². The lowest BCUT2D eigenvalue weighted by Gasteiger charge is -2.24. The number of amides is 2. The molecule has 2 amide bonds. The van der Waals surface area contributed by atoms with Gasteiger partial charge in [0.15, 0.2) is 23.9 Å². The average molecular weight is 583 g/mol. The number of nitrogens with one attached hydrogen (secondary N) is 2. The number of ketones is 2. The van der Waals surface area contributed by atoms with E-state index >= 15 is 0 Å². The topological polar surface area (TPSA) is 174 Å². The fraction of sp³-hybridized carbons (Fsp3) is 0.423. The van der Waals surface area contributed by atoms with Crippen molar-refractivity contribution in [3.8, 4) is 11.8 Å². The molecule has 0 radical (unpaired) electrons. The number of alkyl halides is 3. The van der Waals surface area contributed by atoms with Gasteiger partial charge in [-0.15, -0.1) is 0 Å². The Morgan fingerprint density at radius 2 is 1.76 bits per heavy atom.